The topological polar surface area (TPSA) is 69.6 Å². The van der Waals surface area contributed by atoms with Crippen molar-refractivity contribution in [2.75, 3.05) is 5.73 Å². The highest BCUT2D eigenvalue weighted by atomic mass is 127. The molecule has 6 heteroatoms. The summed E-state index contributed by atoms with van der Waals surface area (Å²) in [4.78, 5) is 12.3. The Hall–Kier alpha value is -1.18. The Balaban J connectivity index is 2.22. The molecule has 2 aromatic heterocycles. The molecule has 0 saturated heterocycles. The second-order valence-corrected chi connectivity index (χ2v) is 3.92. The smallest absolute Gasteiger partial charge is 0.150 e. The van der Waals surface area contributed by atoms with Gasteiger partial charge in [0.1, 0.15) is 11.6 Å². The highest BCUT2D eigenvalue weighted by Crippen LogP contribution is 2.10. The molecule has 0 aliphatic heterocycles. The average Bonchev–Trinajstić information content (AvgIpc) is 2.64. The van der Waals surface area contributed by atoms with Crippen molar-refractivity contribution in [2.24, 2.45) is 0 Å². The number of halogens is 1. The molecule has 0 aromatic carbocycles. The molecule has 0 saturated carbocycles. The molecule has 0 unspecified atom stereocenters. The SMILES string of the molecule is Nc1nc(Cn2ccnc2)ncc1I. The van der Waals surface area contributed by atoms with Crippen molar-refractivity contribution in [3.63, 3.8) is 0 Å². The first-order valence-electron chi connectivity index (χ1n) is 3.98. The molecular formula is C8H8IN5. The van der Waals surface area contributed by atoms with Crippen LogP contribution in [0.3, 0.4) is 0 Å². The summed E-state index contributed by atoms with van der Waals surface area (Å²) in [7, 11) is 0. The van der Waals surface area contributed by atoms with Gasteiger partial charge in [0.2, 0.25) is 0 Å². The summed E-state index contributed by atoms with van der Waals surface area (Å²) in [5.74, 6) is 1.22. The lowest BCUT2D eigenvalue weighted by molar-refractivity contribution is 0.743. The summed E-state index contributed by atoms with van der Waals surface area (Å²) < 4.78 is 2.76. The van der Waals surface area contributed by atoms with Gasteiger partial charge in [-0.2, -0.15) is 0 Å². The van der Waals surface area contributed by atoms with Crippen LogP contribution in [0, 0.1) is 3.57 Å². The van der Waals surface area contributed by atoms with Gasteiger partial charge < -0.3 is 10.3 Å². The fourth-order valence-electron chi connectivity index (χ4n) is 1.04. The minimum atomic E-state index is 0.524. The maximum absolute atomic E-state index is 5.67. The quantitative estimate of drug-likeness (QED) is 0.837. The van der Waals surface area contributed by atoms with Gasteiger partial charge in [0, 0.05) is 18.6 Å². The van der Waals surface area contributed by atoms with Crippen LogP contribution in [-0.2, 0) is 6.54 Å². The van der Waals surface area contributed by atoms with Crippen LogP contribution in [0.5, 0.6) is 0 Å². The second-order valence-electron chi connectivity index (χ2n) is 2.75. The molecule has 0 aliphatic carbocycles. The van der Waals surface area contributed by atoms with Gasteiger partial charge in [0.25, 0.3) is 0 Å². The normalized spacial score (nSPS) is 10.4. The van der Waals surface area contributed by atoms with Crippen molar-refractivity contribution in [3.8, 4) is 0 Å². The first-order chi connectivity index (χ1) is 6.75. The first-order valence-corrected chi connectivity index (χ1v) is 5.06. The molecule has 2 rings (SSSR count). The van der Waals surface area contributed by atoms with Gasteiger partial charge in [-0.15, -0.1) is 0 Å². The maximum Gasteiger partial charge on any atom is 0.150 e. The number of nitrogens with two attached hydrogens (primary N) is 1. The molecule has 0 amide bonds. The van der Waals surface area contributed by atoms with Crippen molar-refractivity contribution < 1.29 is 0 Å². The number of imidazole rings is 1. The Labute approximate surface area is 94.5 Å². The summed E-state index contributed by atoms with van der Waals surface area (Å²) in [6, 6.07) is 0. The first kappa shape index (κ1) is 9.38. The van der Waals surface area contributed by atoms with Gasteiger partial charge in [-0.25, -0.2) is 15.0 Å². The molecule has 0 fully saturated rings. The van der Waals surface area contributed by atoms with Gasteiger partial charge in [0.05, 0.1) is 16.4 Å². The Morgan fingerprint density at radius 3 is 3.00 bits per heavy atom. The van der Waals surface area contributed by atoms with Crippen molar-refractivity contribution in [1.29, 1.82) is 0 Å². The van der Waals surface area contributed by atoms with Crippen LogP contribution in [0.4, 0.5) is 5.82 Å². The van der Waals surface area contributed by atoms with Crippen molar-refractivity contribution in [2.45, 2.75) is 6.54 Å². The zero-order valence-corrected chi connectivity index (χ0v) is 9.42. The van der Waals surface area contributed by atoms with E-state index >= 15 is 0 Å². The van der Waals surface area contributed by atoms with Crippen molar-refractivity contribution in [3.05, 3.63) is 34.3 Å². The van der Waals surface area contributed by atoms with E-state index in [-0.39, 0.29) is 0 Å². The summed E-state index contributed by atoms with van der Waals surface area (Å²) >= 11 is 2.10. The highest BCUT2D eigenvalue weighted by Gasteiger charge is 2.01. The summed E-state index contributed by atoms with van der Waals surface area (Å²) in [5.41, 5.74) is 5.67. The molecule has 0 aliphatic rings. The minimum Gasteiger partial charge on any atom is -0.383 e. The molecule has 0 atom stereocenters. The van der Waals surface area contributed by atoms with E-state index in [9.17, 15) is 0 Å². The average molecular weight is 301 g/mol. The van der Waals surface area contributed by atoms with E-state index in [1.165, 1.54) is 0 Å². The lowest BCUT2D eigenvalue weighted by Crippen LogP contribution is -2.05. The molecule has 2 aromatic rings. The third-order valence-corrected chi connectivity index (χ3v) is 2.54. The molecule has 14 heavy (non-hydrogen) atoms. The number of hydrogen-bond acceptors (Lipinski definition) is 4. The largest absolute Gasteiger partial charge is 0.383 e. The van der Waals surface area contributed by atoms with E-state index in [2.05, 4.69) is 37.5 Å². The zero-order valence-electron chi connectivity index (χ0n) is 7.26. The van der Waals surface area contributed by atoms with Gasteiger partial charge >= 0.3 is 0 Å². The van der Waals surface area contributed by atoms with Gasteiger partial charge in [-0.3, -0.25) is 0 Å². The zero-order chi connectivity index (χ0) is 9.97. The maximum atomic E-state index is 5.67. The fourth-order valence-corrected chi connectivity index (χ4v) is 1.30. The standard InChI is InChI=1S/C8H8IN5/c9-6-3-12-7(13-8(6)10)4-14-2-1-11-5-14/h1-3,5H,4H2,(H2,10,12,13). The van der Waals surface area contributed by atoms with E-state index in [1.54, 1.807) is 18.7 Å². The van der Waals surface area contributed by atoms with Crippen LogP contribution < -0.4 is 5.73 Å². The fraction of sp³-hybridized carbons (Fsp3) is 0.125. The van der Waals surface area contributed by atoms with Crippen LogP contribution in [0.2, 0.25) is 0 Å². The molecular weight excluding hydrogens is 293 g/mol. The van der Waals surface area contributed by atoms with Crippen LogP contribution in [0.15, 0.2) is 24.9 Å². The molecule has 0 radical (unpaired) electrons. The number of aromatic nitrogens is 4. The summed E-state index contributed by atoms with van der Waals surface area (Å²) in [6.45, 7) is 0.598. The molecule has 5 nitrogen and oxygen atoms in total. The van der Waals surface area contributed by atoms with Crippen LogP contribution in [0.1, 0.15) is 5.82 Å². The minimum absolute atomic E-state index is 0.524. The van der Waals surface area contributed by atoms with E-state index in [1.807, 2.05) is 10.8 Å². The Bertz CT molecular complexity index is 425. The van der Waals surface area contributed by atoms with E-state index in [0.717, 1.165) is 3.57 Å². The summed E-state index contributed by atoms with van der Waals surface area (Å²) in [6.07, 6.45) is 7.01. The predicted molar refractivity (Wildman–Crippen MR) is 60.5 cm³/mol. The molecule has 0 bridgehead atoms. The van der Waals surface area contributed by atoms with Crippen molar-refractivity contribution in [1.82, 2.24) is 19.5 Å². The van der Waals surface area contributed by atoms with Crippen molar-refractivity contribution >= 4 is 28.4 Å². The van der Waals surface area contributed by atoms with Crippen LogP contribution in [0.25, 0.3) is 0 Å². The number of nitrogens with zero attached hydrogens (tertiary/aromatic N) is 4. The third kappa shape index (κ3) is 2.00. The van der Waals surface area contributed by atoms with Crippen LogP contribution in [-0.4, -0.2) is 19.5 Å². The molecule has 72 valence electrons. The molecule has 0 spiro atoms. The predicted octanol–water partition coefficient (Wildman–Crippen LogP) is 0.908. The van der Waals surface area contributed by atoms with Gasteiger partial charge in [-0.05, 0) is 22.6 Å². The van der Waals surface area contributed by atoms with E-state index < -0.39 is 0 Å². The lowest BCUT2D eigenvalue weighted by atomic mass is 10.5. The monoisotopic (exact) mass is 301 g/mol. The molecule has 2 N–H and O–H groups in total. The van der Waals surface area contributed by atoms with Crippen LogP contribution >= 0.6 is 22.6 Å². The van der Waals surface area contributed by atoms with Gasteiger partial charge in [-0.1, -0.05) is 0 Å². The number of hydrogen-bond donors (Lipinski definition) is 1. The highest BCUT2D eigenvalue weighted by molar-refractivity contribution is 14.1. The lowest BCUT2D eigenvalue weighted by Gasteiger charge is -2.02. The number of nitrogen functional groups attached to an aromatic ring is 1. The Morgan fingerprint density at radius 2 is 2.36 bits per heavy atom. The van der Waals surface area contributed by atoms with Gasteiger partial charge in [0.15, 0.2) is 0 Å². The Kier molecular flexibility index (Phi) is 2.62. The molecule has 2 heterocycles. The Morgan fingerprint density at radius 1 is 1.50 bits per heavy atom. The number of rotatable bonds is 2. The summed E-state index contributed by atoms with van der Waals surface area (Å²) in [5, 5.41) is 0. The third-order valence-electron chi connectivity index (χ3n) is 1.70. The second kappa shape index (κ2) is 3.91. The van der Waals surface area contributed by atoms with E-state index in [4.69, 9.17) is 5.73 Å². The number of anilines is 1. The van der Waals surface area contributed by atoms with E-state index in [0.29, 0.717) is 18.2 Å².